The highest BCUT2D eigenvalue weighted by atomic mass is 19.1. The van der Waals surface area contributed by atoms with Gasteiger partial charge < -0.3 is 14.4 Å². The Hall–Kier alpha value is -2.48. The largest absolute Gasteiger partial charge is 0.484 e. The first kappa shape index (κ1) is 18.9. The van der Waals surface area contributed by atoms with E-state index in [4.69, 9.17) is 9.47 Å². The lowest BCUT2D eigenvalue weighted by Crippen LogP contribution is -2.57. The van der Waals surface area contributed by atoms with E-state index in [1.54, 1.807) is 0 Å². The minimum absolute atomic E-state index is 0.183. The van der Waals surface area contributed by atoms with Crippen molar-refractivity contribution in [2.45, 2.75) is 45.8 Å². The molecule has 0 aromatic carbocycles. The molecule has 0 saturated carbocycles. The van der Waals surface area contributed by atoms with Crippen molar-refractivity contribution in [1.29, 1.82) is 0 Å². The number of fused-ring (bicyclic) bond motifs is 1. The van der Waals surface area contributed by atoms with E-state index in [0.29, 0.717) is 30.5 Å². The molecular weight excluding hydrogens is 361 g/mol. The van der Waals surface area contributed by atoms with Crippen molar-refractivity contribution in [2.75, 3.05) is 31.2 Å². The summed E-state index contributed by atoms with van der Waals surface area (Å²) in [5.41, 5.74) is 1.41. The number of rotatable bonds is 3. The number of aromatic nitrogens is 3. The maximum absolute atomic E-state index is 14.8. The molecule has 0 amide bonds. The molecule has 2 aromatic rings. The molecule has 1 unspecified atom stereocenters. The van der Waals surface area contributed by atoms with E-state index in [9.17, 15) is 4.39 Å². The zero-order valence-electron chi connectivity index (χ0n) is 16.7. The first-order chi connectivity index (χ1) is 13.4. The lowest BCUT2D eigenvalue weighted by atomic mass is 10.0. The van der Waals surface area contributed by atoms with Gasteiger partial charge in [0.05, 0.1) is 29.8 Å². The molecule has 0 radical (unpaired) electrons. The Morgan fingerprint density at radius 3 is 2.43 bits per heavy atom. The first-order valence-corrected chi connectivity index (χ1v) is 9.71. The molecule has 0 spiro atoms. The molecule has 0 N–H and O–H groups in total. The molecule has 150 valence electrons. The lowest BCUT2D eigenvalue weighted by molar-refractivity contribution is 0.0810. The Morgan fingerprint density at radius 2 is 1.75 bits per heavy atom. The summed E-state index contributed by atoms with van der Waals surface area (Å²) in [7, 11) is 0. The van der Waals surface area contributed by atoms with Crippen LogP contribution in [0.25, 0.3) is 0 Å². The summed E-state index contributed by atoms with van der Waals surface area (Å²) in [4.78, 5) is 17.7. The molecule has 4 rings (SSSR count). The molecular formula is C20H26FN5O2. The van der Waals surface area contributed by atoms with Crippen LogP contribution in [-0.2, 0) is 0 Å². The molecule has 0 bridgehead atoms. The molecule has 8 heteroatoms. The number of halogens is 1. The van der Waals surface area contributed by atoms with Gasteiger partial charge in [0.1, 0.15) is 24.9 Å². The highest BCUT2D eigenvalue weighted by molar-refractivity contribution is 5.43. The third-order valence-corrected chi connectivity index (χ3v) is 5.48. The molecule has 7 nitrogen and oxygen atoms in total. The predicted molar refractivity (Wildman–Crippen MR) is 103 cm³/mol. The monoisotopic (exact) mass is 387 g/mol. The van der Waals surface area contributed by atoms with Crippen LogP contribution in [0.3, 0.4) is 0 Å². The molecule has 28 heavy (non-hydrogen) atoms. The van der Waals surface area contributed by atoms with E-state index in [-0.39, 0.29) is 23.9 Å². The van der Waals surface area contributed by atoms with Crippen molar-refractivity contribution >= 4 is 5.69 Å². The van der Waals surface area contributed by atoms with E-state index in [0.717, 1.165) is 24.6 Å². The van der Waals surface area contributed by atoms with Crippen LogP contribution in [0, 0.1) is 12.7 Å². The number of aryl methyl sites for hydroxylation is 1. The average Bonchev–Trinajstić information content (AvgIpc) is 2.67. The number of nitrogens with zero attached hydrogens (tertiary/aromatic N) is 5. The number of ether oxygens (including phenoxy) is 2. The molecule has 2 aliphatic heterocycles. The van der Waals surface area contributed by atoms with Crippen LogP contribution in [0.2, 0.25) is 0 Å². The van der Waals surface area contributed by atoms with Crippen LogP contribution < -0.4 is 14.4 Å². The van der Waals surface area contributed by atoms with Crippen LogP contribution in [0.1, 0.15) is 38.3 Å². The van der Waals surface area contributed by atoms with E-state index >= 15 is 0 Å². The van der Waals surface area contributed by atoms with Crippen molar-refractivity contribution in [3.63, 3.8) is 0 Å². The van der Waals surface area contributed by atoms with Crippen molar-refractivity contribution < 1.29 is 13.9 Å². The molecule has 1 saturated heterocycles. The van der Waals surface area contributed by atoms with Gasteiger partial charge in [-0.1, -0.05) is 0 Å². The van der Waals surface area contributed by atoms with Gasteiger partial charge in [-0.3, -0.25) is 4.90 Å². The Morgan fingerprint density at radius 1 is 1.11 bits per heavy atom. The summed E-state index contributed by atoms with van der Waals surface area (Å²) in [5, 5.41) is 0. The standard InChI is InChI=1S/C20H26FN5O2/c1-12-10-25(16-8-22-15(4)23-9-16)11-13(2)26(12)14(3)19-17(21)7-18-20(24-19)28-6-5-27-18/h7-9,12-14H,5-6,10-11H2,1-4H3/t12-,13+,14?. The quantitative estimate of drug-likeness (QED) is 0.802. The van der Waals surface area contributed by atoms with Gasteiger partial charge in [-0.15, -0.1) is 0 Å². The normalized spacial score (nSPS) is 23.5. The molecule has 3 atom stereocenters. The lowest BCUT2D eigenvalue weighted by Gasteiger charge is -2.47. The highest BCUT2D eigenvalue weighted by Gasteiger charge is 2.35. The van der Waals surface area contributed by atoms with Crippen LogP contribution in [-0.4, -0.2) is 58.2 Å². The van der Waals surface area contributed by atoms with Gasteiger partial charge >= 0.3 is 0 Å². The van der Waals surface area contributed by atoms with Gasteiger partial charge in [-0.25, -0.2) is 19.3 Å². The van der Waals surface area contributed by atoms with Gasteiger partial charge in [0.15, 0.2) is 5.75 Å². The maximum atomic E-state index is 14.8. The summed E-state index contributed by atoms with van der Waals surface area (Å²) >= 11 is 0. The molecule has 0 aliphatic carbocycles. The number of pyridine rings is 1. The number of hydrogen-bond acceptors (Lipinski definition) is 7. The topological polar surface area (TPSA) is 63.6 Å². The van der Waals surface area contributed by atoms with Gasteiger partial charge in [0.25, 0.3) is 5.88 Å². The van der Waals surface area contributed by atoms with E-state index in [2.05, 4.69) is 38.6 Å². The zero-order valence-corrected chi connectivity index (χ0v) is 16.7. The Balaban J connectivity index is 1.55. The fourth-order valence-corrected chi connectivity index (χ4v) is 4.26. The maximum Gasteiger partial charge on any atom is 0.257 e. The number of hydrogen-bond donors (Lipinski definition) is 0. The highest BCUT2D eigenvalue weighted by Crippen LogP contribution is 2.35. The van der Waals surface area contributed by atoms with Gasteiger partial charge in [0, 0.05) is 31.2 Å². The van der Waals surface area contributed by atoms with E-state index in [1.165, 1.54) is 6.07 Å². The van der Waals surface area contributed by atoms with Crippen molar-refractivity contribution in [2.24, 2.45) is 0 Å². The van der Waals surface area contributed by atoms with E-state index in [1.807, 2.05) is 26.2 Å². The SMILES string of the molecule is Cc1ncc(N2C[C@@H](C)N(C(C)c3nc4c(cc3F)OCCO4)[C@@H](C)C2)cn1. The predicted octanol–water partition coefficient (Wildman–Crippen LogP) is 2.75. The first-order valence-electron chi connectivity index (χ1n) is 9.71. The van der Waals surface area contributed by atoms with Crippen molar-refractivity contribution in [3.05, 3.63) is 35.8 Å². The van der Waals surface area contributed by atoms with Crippen molar-refractivity contribution in [1.82, 2.24) is 19.9 Å². The Bertz CT molecular complexity index is 835. The van der Waals surface area contributed by atoms with Gasteiger partial charge in [-0.05, 0) is 27.7 Å². The van der Waals surface area contributed by atoms with E-state index < -0.39 is 0 Å². The fourth-order valence-electron chi connectivity index (χ4n) is 4.26. The van der Waals surface area contributed by atoms with Crippen LogP contribution in [0.15, 0.2) is 18.5 Å². The molecule has 2 aliphatic rings. The Kier molecular flexibility index (Phi) is 5.05. The fraction of sp³-hybridized carbons (Fsp3) is 0.550. The minimum atomic E-state index is -0.356. The third kappa shape index (κ3) is 3.48. The van der Waals surface area contributed by atoms with Gasteiger partial charge in [0.2, 0.25) is 0 Å². The second-order valence-electron chi connectivity index (χ2n) is 7.57. The van der Waals surface area contributed by atoms with Crippen LogP contribution in [0.5, 0.6) is 11.6 Å². The molecule has 2 aromatic heterocycles. The second-order valence-corrected chi connectivity index (χ2v) is 7.57. The smallest absolute Gasteiger partial charge is 0.257 e. The van der Waals surface area contributed by atoms with Crippen LogP contribution in [0.4, 0.5) is 10.1 Å². The van der Waals surface area contributed by atoms with Crippen LogP contribution >= 0.6 is 0 Å². The zero-order chi connectivity index (χ0) is 19.8. The Labute approximate surface area is 164 Å². The number of piperazine rings is 1. The third-order valence-electron chi connectivity index (χ3n) is 5.48. The summed E-state index contributed by atoms with van der Waals surface area (Å²) < 4.78 is 25.8. The van der Waals surface area contributed by atoms with Crippen molar-refractivity contribution in [3.8, 4) is 11.6 Å². The minimum Gasteiger partial charge on any atom is -0.484 e. The molecule has 4 heterocycles. The number of anilines is 1. The summed E-state index contributed by atoms with van der Waals surface area (Å²) in [6, 6.07) is 1.61. The second kappa shape index (κ2) is 7.50. The summed E-state index contributed by atoms with van der Waals surface area (Å²) in [6.07, 6.45) is 3.73. The molecule has 1 fully saturated rings. The summed E-state index contributed by atoms with van der Waals surface area (Å²) in [6.45, 7) is 10.7. The summed E-state index contributed by atoms with van der Waals surface area (Å²) in [5.74, 6) is 1.16. The average molecular weight is 387 g/mol. The van der Waals surface area contributed by atoms with Gasteiger partial charge in [-0.2, -0.15) is 0 Å².